The largest absolute Gasteiger partial charge is 0.468 e. The van der Waals surface area contributed by atoms with Crippen molar-refractivity contribution in [3.8, 4) is 6.01 Å². The summed E-state index contributed by atoms with van der Waals surface area (Å²) in [6, 6.07) is 10.4. The van der Waals surface area contributed by atoms with Crippen molar-refractivity contribution in [1.82, 2.24) is 14.9 Å². The second-order valence-electron chi connectivity index (χ2n) is 4.46. The second kappa shape index (κ2) is 7.33. The average molecular weight is 273 g/mol. The van der Waals surface area contributed by atoms with Gasteiger partial charge in [0.05, 0.1) is 7.11 Å². The summed E-state index contributed by atoms with van der Waals surface area (Å²) in [6.45, 7) is 0.646. The van der Waals surface area contributed by atoms with E-state index in [0.29, 0.717) is 12.6 Å². The number of ether oxygens (including phenoxy) is 1. The number of methoxy groups -OCH3 is 1. The van der Waals surface area contributed by atoms with Crippen LogP contribution in [0.1, 0.15) is 18.4 Å². The van der Waals surface area contributed by atoms with Crippen molar-refractivity contribution in [2.24, 2.45) is 0 Å². The standard InChI is InChI=1S/C15H19N3O2/c1-20-15-17-11-12-18(15)14(19)16-10-6-5-9-13-7-3-2-4-8-13/h2-4,7-8,11-12H,5-6,9-10H2,1H3,(H,16,19). The molecule has 2 rings (SSSR count). The number of rotatable bonds is 6. The lowest BCUT2D eigenvalue weighted by Crippen LogP contribution is -2.29. The van der Waals surface area contributed by atoms with Gasteiger partial charge in [0.25, 0.3) is 0 Å². The summed E-state index contributed by atoms with van der Waals surface area (Å²) in [4.78, 5) is 15.8. The molecule has 1 aromatic carbocycles. The molecule has 2 aromatic rings. The van der Waals surface area contributed by atoms with E-state index in [9.17, 15) is 4.79 Å². The van der Waals surface area contributed by atoms with Gasteiger partial charge in [0.1, 0.15) is 0 Å². The SMILES string of the molecule is COc1nccn1C(=O)NCCCCc1ccccc1. The van der Waals surface area contributed by atoms with Crippen molar-refractivity contribution in [1.29, 1.82) is 0 Å². The number of hydrogen-bond donors (Lipinski definition) is 1. The molecule has 0 unspecified atom stereocenters. The smallest absolute Gasteiger partial charge is 0.329 e. The molecule has 0 radical (unpaired) electrons. The van der Waals surface area contributed by atoms with Crippen LogP contribution in [0.4, 0.5) is 4.79 Å². The number of imidazole rings is 1. The van der Waals surface area contributed by atoms with E-state index >= 15 is 0 Å². The third kappa shape index (κ3) is 3.85. The number of aryl methyl sites for hydroxylation is 1. The van der Waals surface area contributed by atoms with Gasteiger partial charge in [0.15, 0.2) is 0 Å². The summed E-state index contributed by atoms with van der Waals surface area (Å²) in [5, 5.41) is 2.85. The Kier molecular flexibility index (Phi) is 5.17. The third-order valence-corrected chi connectivity index (χ3v) is 3.02. The Balaban J connectivity index is 1.67. The first kappa shape index (κ1) is 14.1. The zero-order valence-corrected chi connectivity index (χ0v) is 11.6. The Labute approximate surface area is 118 Å². The third-order valence-electron chi connectivity index (χ3n) is 3.02. The van der Waals surface area contributed by atoms with Crippen LogP contribution in [0, 0.1) is 0 Å². The quantitative estimate of drug-likeness (QED) is 0.823. The van der Waals surface area contributed by atoms with Gasteiger partial charge in [-0.25, -0.2) is 14.3 Å². The van der Waals surface area contributed by atoms with Crippen molar-refractivity contribution < 1.29 is 9.53 Å². The van der Waals surface area contributed by atoms with Gasteiger partial charge in [-0.2, -0.15) is 0 Å². The van der Waals surface area contributed by atoms with Gasteiger partial charge in [0, 0.05) is 18.9 Å². The molecule has 0 atom stereocenters. The van der Waals surface area contributed by atoms with Crippen LogP contribution < -0.4 is 10.1 Å². The first-order valence-corrected chi connectivity index (χ1v) is 6.70. The van der Waals surface area contributed by atoms with Gasteiger partial charge in [-0.3, -0.25) is 0 Å². The summed E-state index contributed by atoms with van der Waals surface area (Å²) >= 11 is 0. The number of unbranched alkanes of at least 4 members (excludes halogenated alkanes) is 1. The normalized spacial score (nSPS) is 10.2. The maximum absolute atomic E-state index is 11.9. The molecule has 5 heteroatoms. The summed E-state index contributed by atoms with van der Waals surface area (Å²) in [5.41, 5.74) is 1.33. The highest BCUT2D eigenvalue weighted by atomic mass is 16.5. The van der Waals surface area contributed by atoms with Gasteiger partial charge >= 0.3 is 12.0 Å². The fourth-order valence-electron chi connectivity index (χ4n) is 1.97. The van der Waals surface area contributed by atoms with E-state index in [4.69, 9.17) is 4.74 Å². The van der Waals surface area contributed by atoms with E-state index in [1.807, 2.05) is 18.2 Å². The van der Waals surface area contributed by atoms with Crippen molar-refractivity contribution in [2.45, 2.75) is 19.3 Å². The number of carbonyl (C=O) groups is 1. The van der Waals surface area contributed by atoms with E-state index in [0.717, 1.165) is 19.3 Å². The molecule has 1 aromatic heterocycles. The Morgan fingerprint density at radius 1 is 1.30 bits per heavy atom. The monoisotopic (exact) mass is 273 g/mol. The number of aromatic nitrogens is 2. The molecule has 106 valence electrons. The maximum Gasteiger partial charge on any atom is 0.329 e. The zero-order valence-electron chi connectivity index (χ0n) is 11.6. The molecule has 20 heavy (non-hydrogen) atoms. The van der Waals surface area contributed by atoms with E-state index in [2.05, 4.69) is 22.4 Å². The maximum atomic E-state index is 11.9. The number of nitrogens with one attached hydrogen (secondary N) is 1. The Morgan fingerprint density at radius 2 is 2.10 bits per heavy atom. The van der Waals surface area contributed by atoms with E-state index < -0.39 is 0 Å². The Bertz CT molecular complexity index is 537. The summed E-state index contributed by atoms with van der Waals surface area (Å²) in [5.74, 6) is 0. The zero-order chi connectivity index (χ0) is 14.2. The van der Waals surface area contributed by atoms with Crippen LogP contribution in [0.5, 0.6) is 6.01 Å². The number of amides is 1. The molecule has 0 saturated heterocycles. The molecule has 0 aliphatic heterocycles. The van der Waals surface area contributed by atoms with Gasteiger partial charge in [-0.15, -0.1) is 0 Å². The van der Waals surface area contributed by atoms with Crippen LogP contribution in [0.2, 0.25) is 0 Å². The van der Waals surface area contributed by atoms with Gasteiger partial charge in [-0.1, -0.05) is 30.3 Å². The molecule has 0 aliphatic rings. The summed E-state index contributed by atoms with van der Waals surface area (Å²) in [7, 11) is 1.49. The summed E-state index contributed by atoms with van der Waals surface area (Å²) < 4.78 is 6.34. The molecule has 1 heterocycles. The highest BCUT2D eigenvalue weighted by Crippen LogP contribution is 2.06. The highest BCUT2D eigenvalue weighted by Gasteiger charge is 2.09. The van der Waals surface area contributed by atoms with Crippen LogP contribution in [-0.2, 0) is 6.42 Å². The second-order valence-corrected chi connectivity index (χ2v) is 4.46. The fraction of sp³-hybridized carbons (Fsp3) is 0.333. The predicted molar refractivity (Wildman–Crippen MR) is 77.0 cm³/mol. The van der Waals surface area contributed by atoms with Gasteiger partial charge < -0.3 is 10.1 Å². The molecule has 1 N–H and O–H groups in total. The molecule has 0 saturated carbocycles. The van der Waals surface area contributed by atoms with Crippen molar-refractivity contribution in [3.05, 3.63) is 48.3 Å². The highest BCUT2D eigenvalue weighted by molar-refractivity contribution is 5.77. The predicted octanol–water partition coefficient (Wildman–Crippen LogP) is 2.47. The number of benzene rings is 1. The number of nitrogens with zero attached hydrogens (tertiary/aromatic N) is 2. The molecular formula is C15H19N3O2. The lowest BCUT2D eigenvalue weighted by atomic mass is 10.1. The first-order valence-electron chi connectivity index (χ1n) is 6.70. The number of carbonyl (C=O) groups excluding carboxylic acids is 1. The molecule has 0 aliphatic carbocycles. The topological polar surface area (TPSA) is 56.2 Å². The molecule has 0 fully saturated rings. The van der Waals surface area contributed by atoms with E-state index in [-0.39, 0.29) is 6.03 Å². The minimum Gasteiger partial charge on any atom is -0.468 e. The molecule has 5 nitrogen and oxygen atoms in total. The van der Waals surface area contributed by atoms with Crippen LogP contribution in [0.25, 0.3) is 0 Å². The van der Waals surface area contributed by atoms with Gasteiger partial charge in [0.2, 0.25) is 0 Å². The Hall–Kier alpha value is -2.30. The lowest BCUT2D eigenvalue weighted by Gasteiger charge is -2.07. The van der Waals surface area contributed by atoms with Crippen LogP contribution in [0.15, 0.2) is 42.7 Å². The average Bonchev–Trinajstić information content (AvgIpc) is 2.96. The lowest BCUT2D eigenvalue weighted by molar-refractivity contribution is 0.238. The van der Waals surface area contributed by atoms with Crippen molar-refractivity contribution >= 4 is 6.03 Å². The van der Waals surface area contributed by atoms with Crippen molar-refractivity contribution in [2.75, 3.05) is 13.7 Å². The number of hydrogen-bond acceptors (Lipinski definition) is 3. The van der Waals surface area contributed by atoms with Gasteiger partial charge in [-0.05, 0) is 24.8 Å². The molecule has 0 spiro atoms. The van der Waals surface area contributed by atoms with Crippen molar-refractivity contribution in [3.63, 3.8) is 0 Å². The van der Waals surface area contributed by atoms with Crippen LogP contribution in [-0.4, -0.2) is 29.2 Å². The molecule has 0 bridgehead atoms. The molecular weight excluding hydrogens is 254 g/mol. The van der Waals surface area contributed by atoms with Crippen LogP contribution >= 0.6 is 0 Å². The Morgan fingerprint density at radius 3 is 2.85 bits per heavy atom. The van der Waals surface area contributed by atoms with Crippen LogP contribution in [0.3, 0.4) is 0 Å². The first-order chi connectivity index (χ1) is 9.81. The van der Waals surface area contributed by atoms with E-state index in [1.54, 1.807) is 6.20 Å². The van der Waals surface area contributed by atoms with E-state index in [1.165, 1.54) is 23.4 Å². The minimum atomic E-state index is -0.209. The fourth-order valence-corrected chi connectivity index (χ4v) is 1.97. The molecule has 1 amide bonds. The minimum absolute atomic E-state index is 0.209. The summed E-state index contributed by atoms with van der Waals surface area (Å²) in [6.07, 6.45) is 6.14.